The third-order valence-corrected chi connectivity index (χ3v) is 5.81. The summed E-state index contributed by atoms with van der Waals surface area (Å²) < 4.78 is 11.1. The van der Waals surface area contributed by atoms with Crippen LogP contribution in [0.4, 0.5) is 0 Å². The normalized spacial score (nSPS) is 15.1. The summed E-state index contributed by atoms with van der Waals surface area (Å²) in [6, 6.07) is 24.8. The predicted molar refractivity (Wildman–Crippen MR) is 125 cm³/mol. The van der Waals surface area contributed by atoms with E-state index in [0.717, 1.165) is 21.6 Å². The number of carbonyl (C=O) groups excluding carboxylic acids is 1. The fourth-order valence-electron chi connectivity index (χ4n) is 3.52. The smallest absolute Gasteiger partial charge is 0.336 e. The molecule has 1 aliphatic rings. The minimum Gasteiger partial charge on any atom is -0.440 e. The first-order valence-corrected chi connectivity index (χ1v) is 11.1. The molecule has 0 radical (unpaired) electrons. The predicted octanol–water partition coefficient (Wildman–Crippen LogP) is 5.25. The molecule has 5 nitrogen and oxygen atoms in total. The first-order chi connectivity index (χ1) is 15.6. The topological polar surface area (TPSA) is 85.3 Å². The average molecular weight is 441 g/mol. The second-order valence-electron chi connectivity index (χ2n) is 7.06. The van der Waals surface area contributed by atoms with E-state index in [1.807, 2.05) is 60.9 Å². The first kappa shape index (κ1) is 21.3. The molecule has 0 aliphatic carbocycles. The molecule has 1 unspecified atom stereocenters. The average Bonchev–Trinajstić information content (AvgIpc) is 2.82. The Morgan fingerprint density at radius 3 is 2.56 bits per heavy atom. The minimum atomic E-state index is -0.505. The van der Waals surface area contributed by atoms with Crippen molar-refractivity contribution in [3.05, 3.63) is 107 Å². The summed E-state index contributed by atoms with van der Waals surface area (Å²) in [5.41, 5.74) is 9.03. The Balaban J connectivity index is 1.60. The van der Waals surface area contributed by atoms with E-state index in [9.17, 15) is 10.1 Å². The SMILES string of the molecule is CSc1ccc(C2C(C#N)=C(N)Oc3cc(OC(=O)/C=C/c4ccccc4)ccc32)cc1. The molecular weight excluding hydrogens is 420 g/mol. The van der Waals surface area contributed by atoms with Crippen molar-refractivity contribution in [2.75, 3.05) is 6.26 Å². The van der Waals surface area contributed by atoms with Crippen LogP contribution in [0.3, 0.4) is 0 Å². The number of benzene rings is 3. The molecule has 0 saturated heterocycles. The van der Waals surface area contributed by atoms with Crippen molar-refractivity contribution in [3.8, 4) is 17.6 Å². The van der Waals surface area contributed by atoms with Crippen LogP contribution in [-0.4, -0.2) is 12.2 Å². The van der Waals surface area contributed by atoms with Crippen LogP contribution in [0.5, 0.6) is 11.5 Å². The van der Waals surface area contributed by atoms with Crippen LogP contribution >= 0.6 is 11.8 Å². The molecule has 3 aromatic carbocycles. The van der Waals surface area contributed by atoms with Crippen molar-refractivity contribution in [2.24, 2.45) is 5.73 Å². The monoisotopic (exact) mass is 440 g/mol. The van der Waals surface area contributed by atoms with Crippen LogP contribution in [0.25, 0.3) is 6.08 Å². The fourth-order valence-corrected chi connectivity index (χ4v) is 3.93. The first-order valence-electron chi connectivity index (χ1n) is 9.89. The lowest BCUT2D eigenvalue weighted by Crippen LogP contribution is -2.21. The molecule has 32 heavy (non-hydrogen) atoms. The number of carbonyl (C=O) groups is 1. The number of rotatable bonds is 5. The number of nitrogens with two attached hydrogens (primary N) is 1. The van der Waals surface area contributed by atoms with E-state index in [1.165, 1.54) is 6.08 Å². The number of hydrogen-bond donors (Lipinski definition) is 1. The van der Waals surface area contributed by atoms with Crippen molar-refractivity contribution in [1.29, 1.82) is 5.26 Å². The van der Waals surface area contributed by atoms with E-state index >= 15 is 0 Å². The van der Waals surface area contributed by atoms with Crippen molar-refractivity contribution >= 4 is 23.8 Å². The molecule has 0 spiro atoms. The summed E-state index contributed by atoms with van der Waals surface area (Å²) in [6.07, 6.45) is 5.06. The highest BCUT2D eigenvalue weighted by Gasteiger charge is 2.31. The van der Waals surface area contributed by atoms with E-state index < -0.39 is 5.97 Å². The summed E-state index contributed by atoms with van der Waals surface area (Å²) in [5, 5.41) is 9.70. The molecular formula is C26H20N2O3S. The highest BCUT2D eigenvalue weighted by Crippen LogP contribution is 2.43. The minimum absolute atomic E-state index is 0.0476. The molecule has 3 aromatic rings. The maximum Gasteiger partial charge on any atom is 0.336 e. The number of esters is 1. The molecule has 0 bridgehead atoms. The van der Waals surface area contributed by atoms with E-state index in [-0.39, 0.29) is 11.8 Å². The van der Waals surface area contributed by atoms with Gasteiger partial charge in [0.25, 0.3) is 0 Å². The van der Waals surface area contributed by atoms with Crippen molar-refractivity contribution in [1.82, 2.24) is 0 Å². The van der Waals surface area contributed by atoms with Gasteiger partial charge in [0.2, 0.25) is 5.88 Å². The van der Waals surface area contributed by atoms with E-state index in [0.29, 0.717) is 17.1 Å². The number of nitriles is 1. The van der Waals surface area contributed by atoms with Gasteiger partial charge in [0, 0.05) is 22.6 Å². The Morgan fingerprint density at radius 2 is 1.88 bits per heavy atom. The Morgan fingerprint density at radius 1 is 1.12 bits per heavy atom. The molecule has 0 aromatic heterocycles. The number of thioether (sulfide) groups is 1. The largest absolute Gasteiger partial charge is 0.440 e. The van der Waals surface area contributed by atoms with Gasteiger partial charge in [-0.15, -0.1) is 11.8 Å². The Bertz CT molecular complexity index is 1240. The highest BCUT2D eigenvalue weighted by molar-refractivity contribution is 7.98. The second-order valence-corrected chi connectivity index (χ2v) is 7.94. The number of fused-ring (bicyclic) bond motifs is 1. The molecule has 6 heteroatoms. The van der Waals surface area contributed by atoms with Gasteiger partial charge in [-0.1, -0.05) is 48.5 Å². The summed E-state index contributed by atoms with van der Waals surface area (Å²) in [5.74, 6) is -0.0299. The maximum atomic E-state index is 12.2. The Labute approximate surface area is 190 Å². The lowest BCUT2D eigenvalue weighted by atomic mass is 9.83. The molecule has 1 heterocycles. The van der Waals surface area contributed by atoms with Crippen LogP contribution in [0, 0.1) is 11.3 Å². The summed E-state index contributed by atoms with van der Waals surface area (Å²) in [7, 11) is 0. The quantitative estimate of drug-likeness (QED) is 0.253. The number of allylic oxidation sites excluding steroid dienone is 1. The van der Waals surface area contributed by atoms with E-state index in [2.05, 4.69) is 6.07 Å². The molecule has 4 rings (SSSR count). The lowest BCUT2D eigenvalue weighted by Gasteiger charge is -2.26. The summed E-state index contributed by atoms with van der Waals surface area (Å²) in [4.78, 5) is 13.4. The van der Waals surface area contributed by atoms with Gasteiger partial charge in [-0.2, -0.15) is 5.26 Å². The molecule has 158 valence electrons. The Kier molecular flexibility index (Phi) is 6.29. The number of hydrogen-bond acceptors (Lipinski definition) is 6. The summed E-state index contributed by atoms with van der Waals surface area (Å²) in [6.45, 7) is 0. The third-order valence-electron chi connectivity index (χ3n) is 5.07. The molecule has 1 aliphatic heterocycles. The standard InChI is InChI=1S/C26H20N2O3S/c1-32-20-11-8-18(9-12-20)25-21-13-10-19(15-23(21)31-26(28)22(25)16-27)30-24(29)14-7-17-5-3-2-4-6-17/h2-15,25H,28H2,1H3/b14-7+. The molecule has 0 saturated carbocycles. The van der Waals surface area contributed by atoms with Gasteiger partial charge >= 0.3 is 5.97 Å². The van der Waals surface area contributed by atoms with Crippen molar-refractivity contribution in [2.45, 2.75) is 10.8 Å². The zero-order valence-corrected chi connectivity index (χ0v) is 18.1. The zero-order valence-electron chi connectivity index (χ0n) is 17.3. The highest BCUT2D eigenvalue weighted by atomic mass is 32.2. The van der Waals surface area contributed by atoms with Gasteiger partial charge in [0.05, 0.1) is 5.92 Å². The van der Waals surface area contributed by atoms with Crippen molar-refractivity contribution in [3.63, 3.8) is 0 Å². The number of ether oxygens (including phenoxy) is 2. The molecule has 2 N–H and O–H groups in total. The van der Waals surface area contributed by atoms with Gasteiger partial charge in [0.1, 0.15) is 23.1 Å². The maximum absolute atomic E-state index is 12.2. The van der Waals surface area contributed by atoms with Gasteiger partial charge in [-0.3, -0.25) is 0 Å². The third kappa shape index (κ3) is 4.53. The molecule has 0 amide bonds. The Hall–Kier alpha value is -3.95. The van der Waals surface area contributed by atoms with Crippen LogP contribution in [0.1, 0.15) is 22.6 Å². The second kappa shape index (κ2) is 9.46. The summed E-state index contributed by atoms with van der Waals surface area (Å²) >= 11 is 1.65. The van der Waals surface area contributed by atoms with Crippen LogP contribution < -0.4 is 15.2 Å². The van der Waals surface area contributed by atoms with Crippen LogP contribution in [0.15, 0.2) is 95.2 Å². The molecule has 0 fully saturated rings. The van der Waals surface area contributed by atoms with Gasteiger partial charge < -0.3 is 15.2 Å². The van der Waals surface area contributed by atoms with Gasteiger partial charge in [-0.05, 0) is 41.7 Å². The number of nitrogens with zero attached hydrogens (tertiary/aromatic N) is 1. The van der Waals surface area contributed by atoms with Gasteiger partial charge in [0.15, 0.2) is 0 Å². The van der Waals surface area contributed by atoms with E-state index in [1.54, 1.807) is 36.0 Å². The van der Waals surface area contributed by atoms with E-state index in [4.69, 9.17) is 15.2 Å². The van der Waals surface area contributed by atoms with Crippen LogP contribution in [0.2, 0.25) is 0 Å². The van der Waals surface area contributed by atoms with Gasteiger partial charge in [-0.25, -0.2) is 4.79 Å². The zero-order chi connectivity index (χ0) is 22.5. The van der Waals surface area contributed by atoms with Crippen molar-refractivity contribution < 1.29 is 14.3 Å². The molecule has 1 atom stereocenters. The lowest BCUT2D eigenvalue weighted by molar-refractivity contribution is -0.128. The fraction of sp³-hybridized carbons (Fsp3) is 0.0769. The van der Waals surface area contributed by atoms with Crippen LogP contribution in [-0.2, 0) is 4.79 Å².